The molecule has 0 saturated heterocycles. The average molecular weight is 539 g/mol. The molecule has 0 heterocycles. The summed E-state index contributed by atoms with van der Waals surface area (Å²) in [6.45, 7) is 2.21. The minimum atomic E-state index is -4.92. The Morgan fingerprint density at radius 3 is 2.18 bits per heavy atom. The Bertz CT molecular complexity index is 1340. The quantitative estimate of drug-likeness (QED) is 0.301. The van der Waals surface area contributed by atoms with E-state index in [1.165, 1.54) is 12.7 Å². The molecular formula is C19H18F4N3O5PS2. The summed E-state index contributed by atoms with van der Waals surface area (Å²) in [5, 5.41) is 11.0. The largest absolute Gasteiger partial charge is 0.417 e. The van der Waals surface area contributed by atoms with E-state index in [0.29, 0.717) is 6.07 Å². The summed E-state index contributed by atoms with van der Waals surface area (Å²) >= 11 is 0. The molecule has 1 unspecified atom stereocenters. The van der Waals surface area contributed by atoms with Crippen LogP contribution in [0.25, 0.3) is 0 Å². The zero-order chi connectivity index (χ0) is 25.9. The molecule has 2 aromatic carbocycles. The summed E-state index contributed by atoms with van der Waals surface area (Å²) in [5.74, 6) is -3.12. The van der Waals surface area contributed by atoms with Gasteiger partial charge >= 0.3 is 6.18 Å². The lowest BCUT2D eigenvalue weighted by Gasteiger charge is -2.29. The third-order valence-corrected chi connectivity index (χ3v) is 9.61. The Labute approximate surface area is 194 Å². The number of amides is 1. The number of hydrogen-bond donors (Lipinski definition) is 2. The highest BCUT2D eigenvalue weighted by molar-refractivity contribution is 8.42. The van der Waals surface area contributed by atoms with E-state index in [9.17, 15) is 39.2 Å². The molecule has 2 rings (SSSR count). The van der Waals surface area contributed by atoms with E-state index in [-0.39, 0.29) is 0 Å². The zero-order valence-corrected chi connectivity index (χ0v) is 20.2. The molecule has 184 valence electrons. The molecule has 1 amide bonds. The van der Waals surface area contributed by atoms with E-state index in [1.54, 1.807) is 0 Å². The van der Waals surface area contributed by atoms with Crippen LogP contribution in [0.15, 0.2) is 47.4 Å². The summed E-state index contributed by atoms with van der Waals surface area (Å²) in [5.41, 5.74) is -4.86. The molecule has 8 nitrogen and oxygen atoms in total. The van der Waals surface area contributed by atoms with Crippen molar-refractivity contribution in [3.8, 4) is 6.07 Å². The number of carbonyl (C=O) groups is 1. The van der Waals surface area contributed by atoms with Crippen molar-refractivity contribution in [2.45, 2.75) is 23.5 Å². The summed E-state index contributed by atoms with van der Waals surface area (Å²) in [6, 6.07) is 7.21. The molecule has 0 bridgehead atoms. The van der Waals surface area contributed by atoms with E-state index in [4.69, 9.17) is 5.26 Å². The molecule has 0 spiro atoms. The SMILES string of the molecule is CPS(=O)(=O)N[C@](C)(CS(=O)(=O)c1ccc(F)cc1)C(=O)Nc1ccc(C#N)c(C(F)(F)F)c1. The van der Waals surface area contributed by atoms with Crippen molar-refractivity contribution in [2.75, 3.05) is 17.7 Å². The fourth-order valence-corrected chi connectivity index (χ4v) is 6.43. The van der Waals surface area contributed by atoms with Crippen LogP contribution in [0.4, 0.5) is 23.2 Å². The average Bonchev–Trinajstić information content (AvgIpc) is 2.72. The van der Waals surface area contributed by atoms with Gasteiger partial charge in [-0.05, 0) is 56.1 Å². The van der Waals surface area contributed by atoms with E-state index < -0.39 is 78.2 Å². The summed E-state index contributed by atoms with van der Waals surface area (Å²) in [6.07, 6.45) is -4.92. The highest BCUT2D eigenvalue weighted by Gasteiger charge is 2.42. The molecule has 2 aromatic rings. The van der Waals surface area contributed by atoms with Crippen LogP contribution in [-0.2, 0) is 30.5 Å². The van der Waals surface area contributed by atoms with Gasteiger partial charge in [0.2, 0.25) is 15.6 Å². The minimum Gasteiger partial charge on any atom is -0.324 e. The van der Waals surface area contributed by atoms with Gasteiger partial charge in [0.15, 0.2) is 9.84 Å². The Morgan fingerprint density at radius 1 is 1.09 bits per heavy atom. The van der Waals surface area contributed by atoms with Crippen molar-refractivity contribution in [1.82, 2.24) is 4.72 Å². The number of nitriles is 1. The fraction of sp³-hybridized carbons (Fsp3) is 0.263. The fourth-order valence-electron chi connectivity index (χ4n) is 2.82. The van der Waals surface area contributed by atoms with Gasteiger partial charge in [0.05, 0.1) is 27.8 Å². The first kappa shape index (κ1) is 27.7. The van der Waals surface area contributed by atoms with Crippen LogP contribution in [0.1, 0.15) is 18.1 Å². The number of alkyl halides is 3. The van der Waals surface area contributed by atoms with Gasteiger partial charge in [-0.1, -0.05) is 0 Å². The number of benzene rings is 2. The van der Waals surface area contributed by atoms with Gasteiger partial charge in [-0.15, -0.1) is 0 Å². The van der Waals surface area contributed by atoms with Crippen molar-refractivity contribution in [1.29, 1.82) is 5.26 Å². The van der Waals surface area contributed by atoms with Crippen molar-refractivity contribution in [3.05, 3.63) is 59.4 Å². The van der Waals surface area contributed by atoms with Gasteiger partial charge in [0, 0.05) is 13.5 Å². The number of hydrogen-bond acceptors (Lipinski definition) is 6. The van der Waals surface area contributed by atoms with Crippen molar-refractivity contribution in [2.24, 2.45) is 0 Å². The van der Waals surface area contributed by atoms with Gasteiger partial charge in [-0.2, -0.15) is 23.2 Å². The summed E-state index contributed by atoms with van der Waals surface area (Å²) in [7, 11) is -9.31. The zero-order valence-electron chi connectivity index (χ0n) is 17.6. The number of nitrogens with one attached hydrogen (secondary N) is 2. The number of halogens is 4. The normalized spacial score (nSPS) is 14.5. The standard InChI is InChI=1S/C19H18F4N3O5PS2/c1-18(26-34(30,31)32-2,11-33(28,29)15-7-4-13(20)5-8-15)17(27)25-14-6-3-12(10-24)16(9-14)19(21,22)23/h3-9,26,32H,11H2,1-2H3,(H,25,27)/t18-/m1/s1. The van der Waals surface area contributed by atoms with Crippen LogP contribution < -0.4 is 10.0 Å². The van der Waals surface area contributed by atoms with Crippen molar-refractivity contribution in [3.63, 3.8) is 0 Å². The Morgan fingerprint density at radius 2 is 1.68 bits per heavy atom. The second kappa shape index (κ2) is 9.95. The molecule has 2 atom stereocenters. The Balaban J connectivity index is 2.49. The maximum Gasteiger partial charge on any atom is 0.417 e. The van der Waals surface area contributed by atoms with Crippen LogP contribution in [0.2, 0.25) is 0 Å². The van der Waals surface area contributed by atoms with E-state index in [1.807, 2.05) is 4.72 Å². The number of carbonyl (C=O) groups excluding carboxylic acids is 1. The first-order valence-corrected chi connectivity index (χ1v) is 14.5. The second-order valence-corrected chi connectivity index (χ2v) is 13.6. The predicted molar refractivity (Wildman–Crippen MR) is 118 cm³/mol. The van der Waals surface area contributed by atoms with Gasteiger partial charge in [0.1, 0.15) is 11.4 Å². The number of rotatable bonds is 8. The number of nitrogens with zero attached hydrogens (tertiary/aromatic N) is 1. The van der Waals surface area contributed by atoms with Gasteiger partial charge in [-0.3, -0.25) is 4.79 Å². The molecule has 0 fully saturated rings. The van der Waals surface area contributed by atoms with E-state index in [0.717, 1.165) is 43.3 Å². The first-order valence-electron chi connectivity index (χ1n) is 9.16. The molecule has 15 heteroatoms. The van der Waals surface area contributed by atoms with Gasteiger partial charge < -0.3 is 5.32 Å². The lowest BCUT2D eigenvalue weighted by molar-refractivity contribution is -0.137. The molecule has 0 aliphatic rings. The Hall–Kier alpha value is -2.59. The summed E-state index contributed by atoms with van der Waals surface area (Å²) in [4.78, 5) is 12.6. The third-order valence-electron chi connectivity index (χ3n) is 4.48. The van der Waals surface area contributed by atoms with Gasteiger partial charge in [0.25, 0.3) is 0 Å². The monoisotopic (exact) mass is 539 g/mol. The van der Waals surface area contributed by atoms with Crippen LogP contribution in [0.5, 0.6) is 0 Å². The third kappa shape index (κ3) is 6.73. The molecule has 0 aliphatic heterocycles. The highest BCUT2D eigenvalue weighted by Crippen LogP contribution is 2.34. The smallest absolute Gasteiger partial charge is 0.324 e. The van der Waals surface area contributed by atoms with Crippen LogP contribution in [0, 0.1) is 17.1 Å². The van der Waals surface area contributed by atoms with Crippen LogP contribution in [-0.4, -0.2) is 40.7 Å². The number of sulfone groups is 1. The second-order valence-electron chi connectivity index (χ2n) is 7.18. The maximum atomic E-state index is 13.2. The molecule has 0 radical (unpaired) electrons. The highest BCUT2D eigenvalue weighted by atomic mass is 32.8. The van der Waals surface area contributed by atoms with E-state index in [2.05, 4.69) is 5.32 Å². The maximum absolute atomic E-state index is 13.2. The molecule has 2 N–H and O–H groups in total. The molecule has 0 aliphatic carbocycles. The first-order chi connectivity index (χ1) is 15.5. The van der Waals surface area contributed by atoms with Crippen molar-refractivity contribution >= 4 is 38.9 Å². The lowest BCUT2D eigenvalue weighted by atomic mass is 10.0. The summed E-state index contributed by atoms with van der Waals surface area (Å²) < 4.78 is 105. The molecule has 34 heavy (non-hydrogen) atoms. The van der Waals surface area contributed by atoms with E-state index >= 15 is 0 Å². The van der Waals surface area contributed by atoms with Crippen LogP contribution in [0.3, 0.4) is 0 Å². The lowest BCUT2D eigenvalue weighted by Crippen LogP contribution is -2.57. The predicted octanol–water partition coefficient (Wildman–Crippen LogP) is 3.03. The molecule has 0 saturated carbocycles. The minimum absolute atomic E-state index is 0.399. The molecule has 0 aromatic heterocycles. The van der Waals surface area contributed by atoms with Crippen LogP contribution >= 0.6 is 7.78 Å². The Kier molecular flexibility index (Phi) is 8.09. The van der Waals surface area contributed by atoms with Crippen molar-refractivity contribution < 1.29 is 39.2 Å². The number of anilines is 1. The van der Waals surface area contributed by atoms with Gasteiger partial charge in [-0.25, -0.2) is 21.2 Å². The molecular weight excluding hydrogens is 521 g/mol. The topological polar surface area (TPSA) is 133 Å².